The van der Waals surface area contributed by atoms with E-state index in [9.17, 15) is 0 Å². The Morgan fingerprint density at radius 2 is 2.26 bits per heavy atom. The number of hydrogen-bond donors (Lipinski definition) is 1. The lowest BCUT2D eigenvalue weighted by Gasteiger charge is -2.20. The molecule has 0 bridgehead atoms. The minimum atomic E-state index is 0.510. The van der Waals surface area contributed by atoms with E-state index in [1.165, 1.54) is 18.4 Å². The third-order valence-electron chi connectivity index (χ3n) is 3.80. The summed E-state index contributed by atoms with van der Waals surface area (Å²) in [5, 5.41) is 7.69. The molecule has 0 aromatic carbocycles. The van der Waals surface area contributed by atoms with Gasteiger partial charge in [0.2, 0.25) is 0 Å². The van der Waals surface area contributed by atoms with Crippen molar-refractivity contribution in [2.24, 2.45) is 0 Å². The molecule has 3 heteroatoms. The van der Waals surface area contributed by atoms with Gasteiger partial charge in [-0.05, 0) is 37.8 Å². The minimum Gasteiger partial charge on any atom is -0.356 e. The van der Waals surface area contributed by atoms with E-state index >= 15 is 0 Å². The first-order valence-corrected chi connectivity index (χ1v) is 7.13. The van der Waals surface area contributed by atoms with E-state index in [1.807, 2.05) is 0 Å². The third kappa shape index (κ3) is 3.04. The summed E-state index contributed by atoms with van der Waals surface area (Å²) in [5.74, 6) is 1.44. The van der Waals surface area contributed by atoms with Gasteiger partial charge in [0.25, 0.3) is 0 Å². The second-order valence-corrected chi connectivity index (χ2v) is 5.20. The van der Waals surface area contributed by atoms with Gasteiger partial charge in [0.1, 0.15) is 0 Å². The summed E-state index contributed by atoms with van der Waals surface area (Å²) in [5.41, 5.74) is 2.34. The second kappa shape index (κ2) is 6.02. The van der Waals surface area contributed by atoms with E-state index in [0.717, 1.165) is 37.4 Å². The summed E-state index contributed by atoms with van der Waals surface area (Å²) >= 11 is 0. The lowest BCUT2D eigenvalue weighted by molar-refractivity contribution is 0.379. The van der Waals surface area contributed by atoms with Crippen molar-refractivity contribution in [1.29, 1.82) is 0 Å². The maximum atomic E-state index is 5.55. The van der Waals surface area contributed by atoms with Gasteiger partial charge in [0.05, 0.1) is 5.69 Å². The normalized spacial score (nSPS) is 23.8. The molecular weight excluding hydrogens is 236 g/mol. The van der Waals surface area contributed by atoms with Crippen LogP contribution in [0.1, 0.15) is 43.1 Å². The average Bonchev–Trinajstić information content (AvgIpc) is 2.89. The van der Waals surface area contributed by atoms with Crippen LogP contribution in [0.5, 0.6) is 0 Å². The molecule has 3 rings (SSSR count). The molecular formula is C16H20N2O. The van der Waals surface area contributed by atoms with Crippen LogP contribution in [0.25, 0.3) is 5.57 Å². The van der Waals surface area contributed by atoms with Crippen molar-refractivity contribution in [2.75, 3.05) is 13.1 Å². The van der Waals surface area contributed by atoms with Crippen molar-refractivity contribution < 1.29 is 4.52 Å². The summed E-state index contributed by atoms with van der Waals surface area (Å²) in [7, 11) is 0. The molecule has 1 atom stereocenters. The summed E-state index contributed by atoms with van der Waals surface area (Å²) in [6, 6.07) is 2.13. The summed E-state index contributed by atoms with van der Waals surface area (Å²) in [6.07, 6.45) is 15.0. The van der Waals surface area contributed by atoms with Crippen LogP contribution < -0.4 is 5.32 Å². The minimum absolute atomic E-state index is 0.510. The van der Waals surface area contributed by atoms with Crippen LogP contribution in [0.2, 0.25) is 0 Å². The van der Waals surface area contributed by atoms with Crippen LogP contribution in [0.15, 0.2) is 41.0 Å². The highest BCUT2D eigenvalue weighted by Crippen LogP contribution is 2.27. The zero-order valence-corrected chi connectivity index (χ0v) is 11.1. The van der Waals surface area contributed by atoms with Crippen molar-refractivity contribution in [3.63, 3.8) is 0 Å². The largest absolute Gasteiger partial charge is 0.356 e. The Morgan fingerprint density at radius 1 is 1.26 bits per heavy atom. The van der Waals surface area contributed by atoms with E-state index in [0.29, 0.717) is 5.92 Å². The highest BCUT2D eigenvalue weighted by atomic mass is 16.5. The fourth-order valence-electron chi connectivity index (χ4n) is 2.68. The third-order valence-corrected chi connectivity index (χ3v) is 3.80. The fourth-order valence-corrected chi connectivity index (χ4v) is 2.68. The number of nitrogens with zero attached hydrogens (tertiary/aromatic N) is 1. The van der Waals surface area contributed by atoms with Crippen LogP contribution in [-0.2, 0) is 0 Å². The SMILES string of the molecule is C1=CC=C(c2cc(C3CCCNC3)no2)CCC=C1. The smallest absolute Gasteiger partial charge is 0.163 e. The van der Waals surface area contributed by atoms with Gasteiger partial charge in [0.15, 0.2) is 5.76 Å². The molecule has 1 saturated heterocycles. The molecule has 2 heterocycles. The molecule has 1 aromatic rings. The average molecular weight is 256 g/mol. The van der Waals surface area contributed by atoms with Gasteiger partial charge < -0.3 is 9.84 Å². The van der Waals surface area contributed by atoms with Gasteiger partial charge in [-0.3, -0.25) is 0 Å². The summed E-state index contributed by atoms with van der Waals surface area (Å²) in [4.78, 5) is 0. The molecule has 1 aromatic heterocycles. The Morgan fingerprint density at radius 3 is 3.16 bits per heavy atom. The van der Waals surface area contributed by atoms with E-state index in [-0.39, 0.29) is 0 Å². The van der Waals surface area contributed by atoms with Crippen LogP contribution in [0, 0.1) is 0 Å². The highest BCUT2D eigenvalue weighted by Gasteiger charge is 2.19. The zero-order chi connectivity index (χ0) is 12.9. The molecule has 2 aliphatic rings. The van der Waals surface area contributed by atoms with Crippen LogP contribution in [-0.4, -0.2) is 18.2 Å². The number of piperidine rings is 1. The van der Waals surface area contributed by atoms with E-state index in [1.54, 1.807) is 0 Å². The van der Waals surface area contributed by atoms with Gasteiger partial charge in [-0.2, -0.15) is 0 Å². The molecule has 0 amide bonds. The summed E-state index contributed by atoms with van der Waals surface area (Å²) in [6.45, 7) is 2.15. The Hall–Kier alpha value is -1.61. The fraction of sp³-hybridized carbons (Fsp3) is 0.438. The molecule has 3 nitrogen and oxygen atoms in total. The Bertz CT molecular complexity index is 505. The standard InChI is InChI=1S/C16H20N2O/c1-2-4-7-13(8-5-3-1)16-11-15(18-19-16)14-9-6-10-17-12-14/h1-4,7,11,14,17H,5-6,8-10,12H2. The molecule has 1 fully saturated rings. The monoisotopic (exact) mass is 256 g/mol. The molecule has 0 radical (unpaired) electrons. The predicted molar refractivity (Wildman–Crippen MR) is 76.8 cm³/mol. The van der Waals surface area contributed by atoms with Crippen molar-refractivity contribution in [2.45, 2.75) is 31.6 Å². The first kappa shape index (κ1) is 12.4. The lowest BCUT2D eigenvalue weighted by atomic mass is 9.95. The van der Waals surface area contributed by atoms with Crippen LogP contribution >= 0.6 is 0 Å². The van der Waals surface area contributed by atoms with E-state index < -0.39 is 0 Å². The van der Waals surface area contributed by atoms with E-state index in [4.69, 9.17) is 4.52 Å². The molecule has 1 aliphatic heterocycles. The Kier molecular flexibility index (Phi) is 3.94. The van der Waals surface area contributed by atoms with Crippen molar-refractivity contribution in [3.8, 4) is 0 Å². The first-order valence-electron chi connectivity index (χ1n) is 7.13. The van der Waals surface area contributed by atoms with Crippen molar-refractivity contribution >= 4 is 5.57 Å². The van der Waals surface area contributed by atoms with Crippen LogP contribution in [0.3, 0.4) is 0 Å². The van der Waals surface area contributed by atoms with Gasteiger partial charge in [0, 0.05) is 18.5 Å². The number of aromatic nitrogens is 1. The topological polar surface area (TPSA) is 38.1 Å². The second-order valence-electron chi connectivity index (χ2n) is 5.20. The molecule has 1 N–H and O–H groups in total. The number of nitrogens with one attached hydrogen (secondary N) is 1. The molecule has 1 aliphatic carbocycles. The number of allylic oxidation sites excluding steroid dienone is 6. The predicted octanol–water partition coefficient (Wildman–Crippen LogP) is 3.43. The van der Waals surface area contributed by atoms with E-state index in [2.05, 4.69) is 46.9 Å². The number of hydrogen-bond acceptors (Lipinski definition) is 3. The lowest BCUT2D eigenvalue weighted by Crippen LogP contribution is -2.28. The Labute approximate surface area is 114 Å². The molecule has 1 unspecified atom stereocenters. The highest BCUT2D eigenvalue weighted by molar-refractivity contribution is 5.63. The van der Waals surface area contributed by atoms with Gasteiger partial charge >= 0.3 is 0 Å². The molecule has 19 heavy (non-hydrogen) atoms. The zero-order valence-electron chi connectivity index (χ0n) is 11.1. The molecule has 0 spiro atoms. The Balaban J connectivity index is 1.76. The van der Waals surface area contributed by atoms with Gasteiger partial charge in [-0.25, -0.2) is 0 Å². The first-order chi connectivity index (χ1) is 9.43. The van der Waals surface area contributed by atoms with Crippen LogP contribution in [0.4, 0.5) is 0 Å². The summed E-state index contributed by atoms with van der Waals surface area (Å²) < 4.78 is 5.55. The van der Waals surface area contributed by atoms with Gasteiger partial charge in [-0.15, -0.1) is 0 Å². The van der Waals surface area contributed by atoms with Gasteiger partial charge in [-0.1, -0.05) is 35.5 Å². The molecule has 100 valence electrons. The van der Waals surface area contributed by atoms with Crippen molar-refractivity contribution in [3.05, 3.63) is 47.9 Å². The molecule has 0 saturated carbocycles. The maximum Gasteiger partial charge on any atom is 0.163 e. The quantitative estimate of drug-likeness (QED) is 0.881. The number of rotatable bonds is 2. The maximum absolute atomic E-state index is 5.55. The van der Waals surface area contributed by atoms with Crippen molar-refractivity contribution in [1.82, 2.24) is 10.5 Å².